The summed E-state index contributed by atoms with van der Waals surface area (Å²) in [5.41, 5.74) is 0.635. The highest BCUT2D eigenvalue weighted by molar-refractivity contribution is 5.94. The van der Waals surface area contributed by atoms with Gasteiger partial charge in [0.25, 0.3) is 0 Å². The van der Waals surface area contributed by atoms with Gasteiger partial charge in [-0.05, 0) is 24.3 Å². The quantitative estimate of drug-likeness (QED) is 0.730. The zero-order chi connectivity index (χ0) is 10.1. The third-order valence-electron chi connectivity index (χ3n) is 1.89. The number of halogens is 1. The summed E-state index contributed by atoms with van der Waals surface area (Å²) in [5, 5.41) is 9.75. The molecular weight excluding hydrogens is 189 g/mol. The molecule has 2 N–H and O–H groups in total. The first kappa shape index (κ1) is 8.55. The largest absolute Gasteiger partial charge is 0.508 e. The number of rotatable bonds is 1. The molecule has 0 unspecified atom stereocenters. The summed E-state index contributed by atoms with van der Waals surface area (Å²) in [5.74, 6) is -1.00. The van der Waals surface area contributed by atoms with E-state index >= 15 is 0 Å². The van der Waals surface area contributed by atoms with Crippen LogP contribution in [0.2, 0.25) is 0 Å². The van der Waals surface area contributed by atoms with E-state index in [9.17, 15) is 9.32 Å². The number of H-pyrrole nitrogens is 1. The minimum absolute atomic E-state index is 0.00750. The van der Waals surface area contributed by atoms with Crippen molar-refractivity contribution in [2.24, 2.45) is 0 Å². The van der Waals surface area contributed by atoms with E-state index in [1.807, 2.05) is 0 Å². The highest BCUT2D eigenvalue weighted by Crippen LogP contribution is 2.20. The average molecular weight is 195 g/mol. The molecule has 0 fully saturated rings. The lowest BCUT2D eigenvalue weighted by molar-refractivity contribution is -0.0792. The molecule has 72 valence electrons. The number of aromatic amines is 1. The molecule has 0 bridgehead atoms. The van der Waals surface area contributed by atoms with Crippen molar-refractivity contribution < 1.29 is 19.4 Å². The number of aromatic hydroxyl groups is 1. The highest BCUT2D eigenvalue weighted by atomic mass is 19.3. The van der Waals surface area contributed by atoms with Gasteiger partial charge in [-0.1, -0.05) is 0 Å². The molecule has 1 aromatic carbocycles. The number of hydrogen-bond acceptors (Lipinski definition) is 3. The first-order chi connectivity index (χ1) is 6.70. The van der Waals surface area contributed by atoms with Gasteiger partial charge in [0.2, 0.25) is 0 Å². The van der Waals surface area contributed by atoms with Gasteiger partial charge in [-0.15, -0.1) is 0 Å². The van der Waals surface area contributed by atoms with Crippen LogP contribution in [-0.4, -0.2) is 16.1 Å². The molecule has 0 radical (unpaired) electrons. The lowest BCUT2D eigenvalue weighted by Crippen LogP contribution is -1.97. The van der Waals surface area contributed by atoms with Crippen LogP contribution in [0.1, 0.15) is 10.5 Å². The molecule has 0 spiro atoms. The van der Waals surface area contributed by atoms with Crippen molar-refractivity contribution in [2.75, 3.05) is 0 Å². The molecule has 5 heteroatoms. The van der Waals surface area contributed by atoms with Crippen molar-refractivity contribution in [2.45, 2.75) is 0 Å². The van der Waals surface area contributed by atoms with Crippen molar-refractivity contribution in [3.63, 3.8) is 0 Å². The maximum absolute atomic E-state index is 11.6. The summed E-state index contributed by atoms with van der Waals surface area (Å²) >= 11 is 0. The summed E-state index contributed by atoms with van der Waals surface area (Å²) in [6, 6.07) is 5.90. The Morgan fingerprint density at radius 1 is 1.43 bits per heavy atom. The molecule has 0 aliphatic heterocycles. The molecule has 14 heavy (non-hydrogen) atoms. The SMILES string of the molecule is O=C(OF)c1cc2cc(O)ccc2[nH]1. The van der Waals surface area contributed by atoms with Gasteiger partial charge in [0.1, 0.15) is 11.4 Å². The molecule has 4 nitrogen and oxygen atoms in total. The van der Waals surface area contributed by atoms with Gasteiger partial charge >= 0.3 is 5.97 Å². The van der Waals surface area contributed by atoms with Crippen LogP contribution in [0.25, 0.3) is 10.9 Å². The number of phenolic OH excluding ortho intramolecular Hbond substituents is 1. The second-order valence-corrected chi connectivity index (χ2v) is 2.82. The molecule has 0 aliphatic carbocycles. The van der Waals surface area contributed by atoms with Gasteiger partial charge < -0.3 is 10.1 Å². The molecule has 1 heterocycles. The molecule has 2 aromatic rings. The van der Waals surface area contributed by atoms with E-state index in [1.165, 1.54) is 18.2 Å². The fourth-order valence-corrected chi connectivity index (χ4v) is 1.27. The van der Waals surface area contributed by atoms with Crippen molar-refractivity contribution >= 4 is 16.9 Å². The number of fused-ring (bicyclic) bond motifs is 1. The van der Waals surface area contributed by atoms with E-state index in [4.69, 9.17) is 5.11 Å². The Bertz CT molecular complexity index is 492. The predicted octanol–water partition coefficient (Wildman–Crippen LogP) is 1.91. The van der Waals surface area contributed by atoms with Crippen LogP contribution in [0, 0.1) is 0 Å². The Hall–Kier alpha value is -2.04. The van der Waals surface area contributed by atoms with Crippen LogP contribution >= 0.6 is 0 Å². The van der Waals surface area contributed by atoms with Gasteiger partial charge in [-0.25, -0.2) is 9.74 Å². The molecule has 0 saturated heterocycles. The zero-order valence-corrected chi connectivity index (χ0v) is 6.95. The third-order valence-corrected chi connectivity index (χ3v) is 1.89. The molecule has 1 aromatic heterocycles. The molecule has 2 rings (SSSR count). The molecule has 0 aliphatic rings. The monoisotopic (exact) mass is 195 g/mol. The van der Waals surface area contributed by atoms with Gasteiger partial charge in [-0.2, -0.15) is 0 Å². The van der Waals surface area contributed by atoms with E-state index in [0.717, 1.165) is 0 Å². The van der Waals surface area contributed by atoms with Gasteiger partial charge in [0.05, 0.1) is 0 Å². The highest BCUT2D eigenvalue weighted by Gasteiger charge is 2.11. The molecule has 0 atom stereocenters. The number of phenols is 1. The minimum Gasteiger partial charge on any atom is -0.508 e. The van der Waals surface area contributed by atoms with Crippen LogP contribution in [0.4, 0.5) is 4.53 Å². The number of carbonyl (C=O) groups is 1. The third kappa shape index (κ3) is 1.28. The number of hydrogen-bond donors (Lipinski definition) is 2. The van der Waals surface area contributed by atoms with E-state index < -0.39 is 5.97 Å². The topological polar surface area (TPSA) is 62.3 Å². The lowest BCUT2D eigenvalue weighted by Gasteiger charge is -1.89. The summed E-state index contributed by atoms with van der Waals surface area (Å²) in [7, 11) is 0. The van der Waals surface area contributed by atoms with Gasteiger partial charge in [-0.3, -0.25) is 0 Å². The number of benzene rings is 1. The van der Waals surface area contributed by atoms with Crippen LogP contribution in [0.15, 0.2) is 24.3 Å². The fourth-order valence-electron chi connectivity index (χ4n) is 1.27. The second kappa shape index (κ2) is 3.02. The van der Waals surface area contributed by atoms with Gasteiger partial charge in [0, 0.05) is 15.4 Å². The minimum atomic E-state index is -1.08. The Kier molecular flexibility index (Phi) is 1.85. The Balaban J connectivity index is 2.56. The maximum Gasteiger partial charge on any atom is 0.395 e. The van der Waals surface area contributed by atoms with E-state index in [2.05, 4.69) is 9.93 Å². The zero-order valence-electron chi connectivity index (χ0n) is 6.95. The number of nitrogens with one attached hydrogen (secondary N) is 1. The van der Waals surface area contributed by atoms with Crippen LogP contribution in [-0.2, 0) is 4.94 Å². The smallest absolute Gasteiger partial charge is 0.395 e. The summed E-state index contributed by atoms with van der Waals surface area (Å²) in [6.07, 6.45) is 0. The van der Waals surface area contributed by atoms with Crippen molar-refractivity contribution in [1.82, 2.24) is 4.98 Å². The second-order valence-electron chi connectivity index (χ2n) is 2.82. The number of carbonyl (C=O) groups excluding carboxylic acids is 1. The first-order valence-corrected chi connectivity index (χ1v) is 3.85. The van der Waals surface area contributed by atoms with Crippen LogP contribution in [0.3, 0.4) is 0 Å². The van der Waals surface area contributed by atoms with E-state index in [-0.39, 0.29) is 11.4 Å². The summed E-state index contributed by atoms with van der Waals surface area (Å²) in [4.78, 5) is 16.5. The fraction of sp³-hybridized carbons (Fsp3) is 0. The summed E-state index contributed by atoms with van der Waals surface area (Å²) in [6.45, 7) is 0. The number of aromatic nitrogens is 1. The molecule has 0 amide bonds. The normalized spacial score (nSPS) is 10.4. The Labute approximate surface area is 77.8 Å². The van der Waals surface area contributed by atoms with Gasteiger partial charge in [0.15, 0.2) is 0 Å². The van der Waals surface area contributed by atoms with Crippen molar-refractivity contribution in [3.8, 4) is 5.75 Å². The van der Waals surface area contributed by atoms with E-state index in [0.29, 0.717) is 10.9 Å². The van der Waals surface area contributed by atoms with Crippen molar-refractivity contribution in [3.05, 3.63) is 30.0 Å². The first-order valence-electron chi connectivity index (χ1n) is 3.85. The Morgan fingerprint density at radius 3 is 2.93 bits per heavy atom. The molecule has 0 saturated carbocycles. The van der Waals surface area contributed by atoms with Crippen molar-refractivity contribution in [1.29, 1.82) is 0 Å². The predicted molar refractivity (Wildman–Crippen MR) is 46.5 cm³/mol. The molecular formula is C9H6FNO3. The van der Waals surface area contributed by atoms with Crippen LogP contribution in [0.5, 0.6) is 5.75 Å². The van der Waals surface area contributed by atoms with E-state index in [1.54, 1.807) is 6.07 Å². The lowest BCUT2D eigenvalue weighted by atomic mass is 10.2. The summed E-state index contributed by atoms with van der Waals surface area (Å²) < 4.78 is 11.6. The van der Waals surface area contributed by atoms with Crippen LogP contribution < -0.4 is 0 Å². The Morgan fingerprint density at radius 2 is 2.21 bits per heavy atom. The maximum atomic E-state index is 11.6. The standard InChI is InChI=1S/C9H6FNO3/c10-14-9(13)8-4-5-3-6(12)1-2-7(5)11-8/h1-4,11-12H. The average Bonchev–Trinajstić information content (AvgIpc) is 2.59.